The van der Waals surface area contributed by atoms with Gasteiger partial charge in [0.05, 0.1) is 15.4 Å². The first-order chi connectivity index (χ1) is 16.1. The van der Waals surface area contributed by atoms with Crippen LogP contribution in [0.2, 0.25) is 5.02 Å². The van der Waals surface area contributed by atoms with Gasteiger partial charge >= 0.3 is 0 Å². The van der Waals surface area contributed by atoms with E-state index in [9.17, 15) is 21.6 Å². The average Bonchev–Trinajstić information content (AvgIpc) is 2.83. The summed E-state index contributed by atoms with van der Waals surface area (Å²) in [6, 6.07) is 13.0. The lowest BCUT2D eigenvalue weighted by Gasteiger charge is -2.10. The van der Waals surface area contributed by atoms with Gasteiger partial charge < -0.3 is 10.1 Å². The lowest BCUT2D eigenvalue weighted by atomic mass is 10.2. The molecule has 13 heteroatoms. The number of aromatic nitrogens is 1. The zero-order chi connectivity index (χ0) is 24.9. The number of amides is 1. The summed E-state index contributed by atoms with van der Waals surface area (Å²) < 4.78 is 57.2. The summed E-state index contributed by atoms with van der Waals surface area (Å²) >= 11 is 6.15. The molecule has 1 heterocycles. The van der Waals surface area contributed by atoms with Gasteiger partial charge in [0, 0.05) is 23.8 Å². The molecule has 1 amide bonds. The van der Waals surface area contributed by atoms with Crippen LogP contribution in [0.4, 0.5) is 0 Å². The van der Waals surface area contributed by atoms with E-state index in [1.54, 1.807) is 0 Å². The Morgan fingerprint density at radius 3 is 2.09 bits per heavy atom. The van der Waals surface area contributed by atoms with Gasteiger partial charge in [0.25, 0.3) is 5.91 Å². The molecule has 0 bridgehead atoms. The van der Waals surface area contributed by atoms with Crippen LogP contribution in [0, 0.1) is 0 Å². The second kappa shape index (κ2) is 10.5. The molecule has 0 radical (unpaired) electrons. The molecule has 1 aromatic heterocycles. The molecule has 0 unspecified atom stereocenters. The van der Waals surface area contributed by atoms with Crippen LogP contribution < -0.4 is 19.5 Å². The number of pyridine rings is 1. The fourth-order valence-corrected chi connectivity index (χ4v) is 4.53. The number of ether oxygens (including phenoxy) is 1. The fraction of sp³-hybridized carbons (Fsp3) is 0.143. The maximum atomic E-state index is 12.4. The van der Waals surface area contributed by atoms with E-state index in [0.717, 1.165) is 0 Å². The Kier molecular flexibility index (Phi) is 7.89. The van der Waals surface area contributed by atoms with Crippen molar-refractivity contribution in [1.82, 2.24) is 19.7 Å². The van der Waals surface area contributed by atoms with Gasteiger partial charge in [-0.2, -0.15) is 0 Å². The largest absolute Gasteiger partial charge is 0.439 e. The third kappa shape index (κ3) is 6.10. The van der Waals surface area contributed by atoms with E-state index in [4.69, 9.17) is 16.3 Å². The molecule has 0 aliphatic rings. The lowest BCUT2D eigenvalue weighted by molar-refractivity contribution is 0.0950. The highest BCUT2D eigenvalue weighted by Gasteiger charge is 2.15. The Labute approximate surface area is 202 Å². The SMILES string of the molecule is CNS(=O)(=O)c1ccc(Oc2ccc(C(=O)NCc3ccc(S(=O)(=O)NC)cc3Cl)cn2)cc1. The third-order valence-electron chi connectivity index (χ3n) is 4.67. The summed E-state index contributed by atoms with van der Waals surface area (Å²) in [5.41, 5.74) is 0.815. The molecule has 0 spiro atoms. The van der Waals surface area contributed by atoms with Gasteiger partial charge in [-0.05, 0) is 62.1 Å². The van der Waals surface area contributed by atoms with Gasteiger partial charge in [0.15, 0.2) is 0 Å². The smallest absolute Gasteiger partial charge is 0.253 e. The Morgan fingerprint density at radius 1 is 0.912 bits per heavy atom. The van der Waals surface area contributed by atoms with Crippen molar-refractivity contribution in [3.8, 4) is 11.6 Å². The standard InChI is InChI=1S/C21H21ClN4O6S2/c1-23-33(28,29)17-8-5-16(6-9-17)32-20-10-4-15(13-25-20)21(27)26-12-14-3-7-18(11-19(14)22)34(30,31)24-2/h3-11,13,23-24H,12H2,1-2H3,(H,26,27). The minimum atomic E-state index is -3.62. The number of carbonyl (C=O) groups excluding carboxylic acids is 1. The quantitative estimate of drug-likeness (QED) is 0.389. The monoisotopic (exact) mass is 524 g/mol. The zero-order valence-electron chi connectivity index (χ0n) is 18.1. The molecule has 0 aliphatic carbocycles. The molecule has 0 aliphatic heterocycles. The van der Waals surface area contributed by atoms with E-state index < -0.39 is 26.0 Å². The van der Waals surface area contributed by atoms with Crippen LogP contribution in [0.5, 0.6) is 11.6 Å². The second-order valence-electron chi connectivity index (χ2n) is 6.81. The van der Waals surface area contributed by atoms with Crippen LogP contribution in [0.3, 0.4) is 0 Å². The van der Waals surface area contributed by atoms with Crippen LogP contribution in [-0.2, 0) is 26.6 Å². The molecular weight excluding hydrogens is 504 g/mol. The molecule has 34 heavy (non-hydrogen) atoms. The minimum Gasteiger partial charge on any atom is -0.439 e. The van der Waals surface area contributed by atoms with Gasteiger partial charge in [-0.25, -0.2) is 31.3 Å². The number of hydrogen-bond donors (Lipinski definition) is 3. The van der Waals surface area contributed by atoms with Crippen molar-refractivity contribution in [2.24, 2.45) is 0 Å². The van der Waals surface area contributed by atoms with Crippen LogP contribution in [0.25, 0.3) is 0 Å². The summed E-state index contributed by atoms with van der Waals surface area (Å²) in [5.74, 6) is 0.173. The summed E-state index contributed by atoms with van der Waals surface area (Å²) in [4.78, 5) is 16.6. The highest BCUT2D eigenvalue weighted by Crippen LogP contribution is 2.22. The molecule has 0 atom stereocenters. The number of nitrogens with one attached hydrogen (secondary N) is 3. The van der Waals surface area contributed by atoms with Crippen molar-refractivity contribution in [2.75, 3.05) is 14.1 Å². The van der Waals surface area contributed by atoms with Crippen molar-refractivity contribution < 1.29 is 26.4 Å². The number of halogens is 1. The number of hydrogen-bond acceptors (Lipinski definition) is 7. The first kappa shape index (κ1) is 25.6. The van der Waals surface area contributed by atoms with Crippen LogP contribution in [-0.4, -0.2) is 41.8 Å². The van der Waals surface area contributed by atoms with E-state index in [2.05, 4.69) is 19.7 Å². The molecule has 10 nitrogen and oxygen atoms in total. The summed E-state index contributed by atoms with van der Waals surface area (Å²) in [7, 11) is -4.54. The van der Waals surface area contributed by atoms with Crippen molar-refractivity contribution in [1.29, 1.82) is 0 Å². The first-order valence-corrected chi connectivity index (χ1v) is 13.1. The Balaban J connectivity index is 1.61. The molecule has 0 fully saturated rings. The number of rotatable bonds is 9. The topological polar surface area (TPSA) is 144 Å². The average molecular weight is 525 g/mol. The van der Waals surface area contributed by atoms with Gasteiger partial charge in [-0.3, -0.25) is 4.79 Å². The molecular formula is C21H21ClN4O6S2. The molecule has 3 aromatic rings. The first-order valence-electron chi connectivity index (χ1n) is 9.73. The van der Waals surface area contributed by atoms with E-state index in [-0.39, 0.29) is 32.8 Å². The highest BCUT2D eigenvalue weighted by molar-refractivity contribution is 7.89. The van der Waals surface area contributed by atoms with Crippen LogP contribution in [0.1, 0.15) is 15.9 Å². The summed E-state index contributed by atoms with van der Waals surface area (Å²) in [6.45, 7) is 0.0810. The maximum absolute atomic E-state index is 12.4. The van der Waals surface area contributed by atoms with E-state index in [0.29, 0.717) is 11.3 Å². The molecule has 180 valence electrons. The van der Waals surface area contributed by atoms with E-state index in [1.165, 1.54) is 74.9 Å². The highest BCUT2D eigenvalue weighted by atomic mass is 35.5. The number of benzene rings is 2. The Morgan fingerprint density at radius 2 is 1.53 bits per heavy atom. The lowest BCUT2D eigenvalue weighted by Crippen LogP contribution is -2.23. The second-order valence-corrected chi connectivity index (χ2v) is 11.0. The van der Waals surface area contributed by atoms with Crippen LogP contribution >= 0.6 is 11.6 Å². The number of sulfonamides is 2. The zero-order valence-corrected chi connectivity index (χ0v) is 20.5. The van der Waals surface area contributed by atoms with Crippen molar-refractivity contribution in [3.05, 3.63) is 76.9 Å². The Hall–Kier alpha value is -3.03. The van der Waals surface area contributed by atoms with Crippen molar-refractivity contribution in [2.45, 2.75) is 16.3 Å². The van der Waals surface area contributed by atoms with E-state index in [1.807, 2.05) is 0 Å². The number of nitrogens with zero attached hydrogens (tertiary/aromatic N) is 1. The third-order valence-corrected chi connectivity index (χ3v) is 7.86. The van der Waals surface area contributed by atoms with Gasteiger partial charge in [0.2, 0.25) is 25.9 Å². The summed E-state index contributed by atoms with van der Waals surface area (Å²) in [6.07, 6.45) is 1.33. The van der Waals surface area contributed by atoms with Gasteiger partial charge in [-0.15, -0.1) is 0 Å². The number of carbonyl (C=O) groups is 1. The van der Waals surface area contributed by atoms with Crippen molar-refractivity contribution >= 4 is 37.6 Å². The predicted octanol–water partition coefficient (Wildman–Crippen LogP) is 2.27. The molecule has 0 saturated carbocycles. The molecule has 3 N–H and O–H groups in total. The van der Waals surface area contributed by atoms with Crippen molar-refractivity contribution in [3.63, 3.8) is 0 Å². The predicted molar refractivity (Wildman–Crippen MR) is 126 cm³/mol. The molecule has 3 rings (SSSR count). The van der Waals surface area contributed by atoms with E-state index >= 15 is 0 Å². The molecule has 0 saturated heterocycles. The van der Waals surface area contributed by atoms with Gasteiger partial charge in [0.1, 0.15) is 5.75 Å². The molecule has 2 aromatic carbocycles. The van der Waals surface area contributed by atoms with Gasteiger partial charge in [-0.1, -0.05) is 17.7 Å². The maximum Gasteiger partial charge on any atom is 0.253 e. The fourth-order valence-electron chi connectivity index (χ4n) is 2.73. The minimum absolute atomic E-state index is 0.0214. The normalized spacial score (nSPS) is 11.7. The van der Waals surface area contributed by atoms with Crippen LogP contribution in [0.15, 0.2) is 70.6 Å². The summed E-state index contributed by atoms with van der Waals surface area (Å²) in [5, 5.41) is 2.89. The Bertz CT molecular complexity index is 1390.